The Morgan fingerprint density at radius 1 is 1.41 bits per heavy atom. The van der Waals surface area contributed by atoms with Crippen LogP contribution in [0.15, 0.2) is 31.0 Å². The second-order valence-electron chi connectivity index (χ2n) is 4.65. The average Bonchev–Trinajstić information content (AvgIpc) is 2.62. The zero-order valence-corrected chi connectivity index (χ0v) is 11.6. The predicted octanol–water partition coefficient (Wildman–Crippen LogP) is 3.09. The van der Waals surface area contributed by atoms with Crippen LogP contribution in [0.3, 0.4) is 0 Å². The molecule has 1 nitrogen and oxygen atoms in total. The molecule has 0 atom stereocenters. The van der Waals surface area contributed by atoms with Crippen molar-refractivity contribution in [1.82, 2.24) is 4.57 Å². The number of aryl methyl sites for hydroxylation is 1. The molecule has 0 aliphatic heterocycles. The van der Waals surface area contributed by atoms with Crippen LogP contribution in [0.2, 0.25) is 0 Å². The molecule has 1 rings (SSSR count). The van der Waals surface area contributed by atoms with Gasteiger partial charge in [-0.2, -0.15) is 0 Å². The standard InChI is InChI=1S/C16H23N/c1-7-9-10-15-16(13(5)8-2)14(6)11-17(15)12(3)4/h7-12H,2H2,1,3-6H3/b9-7-,15-10+,16-13-. The second kappa shape index (κ2) is 5.72. The third-order valence-electron chi connectivity index (χ3n) is 2.96. The average molecular weight is 229 g/mol. The van der Waals surface area contributed by atoms with Gasteiger partial charge in [0, 0.05) is 22.8 Å². The molecule has 0 aliphatic carbocycles. The Kier molecular flexibility index (Phi) is 4.56. The topological polar surface area (TPSA) is 4.93 Å². The van der Waals surface area contributed by atoms with Crippen molar-refractivity contribution in [3.8, 4) is 0 Å². The lowest BCUT2D eigenvalue weighted by Gasteiger charge is -2.07. The van der Waals surface area contributed by atoms with Crippen molar-refractivity contribution in [2.75, 3.05) is 0 Å². The molecule has 1 aromatic heterocycles. The molecular weight excluding hydrogens is 206 g/mol. The number of allylic oxidation sites excluding steroid dienone is 3. The summed E-state index contributed by atoms with van der Waals surface area (Å²) < 4.78 is 2.32. The minimum absolute atomic E-state index is 0.469. The van der Waals surface area contributed by atoms with Gasteiger partial charge < -0.3 is 4.57 Å². The van der Waals surface area contributed by atoms with Crippen LogP contribution in [0.4, 0.5) is 0 Å². The normalized spacial score (nSPS) is 14.8. The highest BCUT2D eigenvalue weighted by Crippen LogP contribution is 2.02. The molecule has 0 N–H and O–H groups in total. The summed E-state index contributed by atoms with van der Waals surface area (Å²) >= 11 is 0. The Hall–Kier alpha value is -1.50. The smallest absolute Gasteiger partial charge is 0.0488 e. The zero-order valence-electron chi connectivity index (χ0n) is 11.6. The van der Waals surface area contributed by atoms with Gasteiger partial charge in [0.25, 0.3) is 0 Å². The molecule has 0 radical (unpaired) electrons. The van der Waals surface area contributed by atoms with Crippen LogP contribution in [0.25, 0.3) is 11.6 Å². The molecule has 0 unspecified atom stereocenters. The van der Waals surface area contributed by atoms with Crippen molar-refractivity contribution in [3.05, 3.63) is 47.1 Å². The quantitative estimate of drug-likeness (QED) is 0.750. The number of rotatable bonds is 3. The molecule has 0 saturated carbocycles. The molecule has 0 bridgehead atoms. The summed E-state index contributed by atoms with van der Waals surface area (Å²) in [4.78, 5) is 0. The largest absolute Gasteiger partial charge is 0.345 e. The first-order valence-corrected chi connectivity index (χ1v) is 6.16. The Bertz CT molecular complexity index is 539. The molecule has 0 aliphatic rings. The van der Waals surface area contributed by atoms with E-state index in [0.29, 0.717) is 6.04 Å². The zero-order chi connectivity index (χ0) is 13.0. The fraction of sp³-hybridized carbons (Fsp3) is 0.375. The highest BCUT2D eigenvalue weighted by molar-refractivity contribution is 5.56. The first-order chi connectivity index (χ1) is 8.02. The summed E-state index contributed by atoms with van der Waals surface area (Å²) in [6, 6.07) is 0.469. The third kappa shape index (κ3) is 2.79. The van der Waals surface area contributed by atoms with Gasteiger partial charge in [0.2, 0.25) is 0 Å². The van der Waals surface area contributed by atoms with Crippen LogP contribution < -0.4 is 10.6 Å². The third-order valence-corrected chi connectivity index (χ3v) is 2.96. The Morgan fingerprint density at radius 3 is 2.53 bits per heavy atom. The van der Waals surface area contributed by atoms with Crippen molar-refractivity contribution in [1.29, 1.82) is 0 Å². The summed E-state index contributed by atoms with van der Waals surface area (Å²) in [7, 11) is 0. The molecule has 0 aromatic carbocycles. The molecule has 1 aromatic rings. The predicted molar refractivity (Wildman–Crippen MR) is 77.4 cm³/mol. The summed E-state index contributed by atoms with van der Waals surface area (Å²) in [6.45, 7) is 14.6. The van der Waals surface area contributed by atoms with Gasteiger partial charge in [0.05, 0.1) is 0 Å². The van der Waals surface area contributed by atoms with Crippen molar-refractivity contribution in [3.63, 3.8) is 0 Å². The van der Waals surface area contributed by atoms with Crippen molar-refractivity contribution < 1.29 is 0 Å². The van der Waals surface area contributed by atoms with Gasteiger partial charge >= 0.3 is 0 Å². The lowest BCUT2D eigenvalue weighted by molar-refractivity contribution is 0.587. The SMILES string of the molecule is C=C/C(C)=c1/c(C)cn(C(C)C)/c1=C/C=C\C. The summed E-state index contributed by atoms with van der Waals surface area (Å²) in [6.07, 6.45) is 10.5. The van der Waals surface area contributed by atoms with Crippen LogP contribution in [0.5, 0.6) is 0 Å². The molecule has 0 amide bonds. The minimum Gasteiger partial charge on any atom is -0.345 e. The van der Waals surface area contributed by atoms with Crippen LogP contribution in [-0.4, -0.2) is 4.57 Å². The van der Waals surface area contributed by atoms with E-state index in [4.69, 9.17) is 0 Å². The molecule has 0 fully saturated rings. The van der Waals surface area contributed by atoms with E-state index in [9.17, 15) is 0 Å². The number of aromatic nitrogens is 1. The van der Waals surface area contributed by atoms with Gasteiger partial charge in [-0.15, -0.1) is 0 Å². The Labute approximate surface area is 104 Å². The first kappa shape index (κ1) is 13.6. The van der Waals surface area contributed by atoms with Gasteiger partial charge in [0.15, 0.2) is 0 Å². The van der Waals surface area contributed by atoms with E-state index in [-0.39, 0.29) is 0 Å². The summed E-state index contributed by atoms with van der Waals surface area (Å²) in [5.74, 6) is 0. The maximum absolute atomic E-state index is 3.88. The van der Waals surface area contributed by atoms with Crippen LogP contribution in [-0.2, 0) is 0 Å². The number of hydrogen-bond acceptors (Lipinski definition) is 0. The van der Waals surface area contributed by atoms with E-state index in [1.807, 2.05) is 13.0 Å². The maximum atomic E-state index is 3.88. The molecular formula is C16H23N. The van der Waals surface area contributed by atoms with Crippen molar-refractivity contribution >= 4 is 11.6 Å². The van der Waals surface area contributed by atoms with E-state index in [2.05, 4.69) is 63.3 Å². The maximum Gasteiger partial charge on any atom is 0.0488 e. The lowest BCUT2D eigenvalue weighted by atomic mass is 10.1. The van der Waals surface area contributed by atoms with E-state index in [1.54, 1.807) is 0 Å². The Morgan fingerprint density at radius 2 is 2.06 bits per heavy atom. The number of nitrogens with zero attached hydrogens (tertiary/aromatic N) is 1. The first-order valence-electron chi connectivity index (χ1n) is 6.16. The van der Waals surface area contributed by atoms with Crippen molar-refractivity contribution in [2.45, 2.75) is 40.7 Å². The van der Waals surface area contributed by atoms with Crippen LogP contribution in [0, 0.1) is 6.92 Å². The molecule has 1 heterocycles. The molecule has 92 valence electrons. The monoisotopic (exact) mass is 229 g/mol. The Balaban J connectivity index is 3.79. The van der Waals surface area contributed by atoms with Gasteiger partial charge in [-0.25, -0.2) is 0 Å². The number of hydrogen-bond donors (Lipinski definition) is 0. The van der Waals surface area contributed by atoms with Gasteiger partial charge in [0.1, 0.15) is 0 Å². The van der Waals surface area contributed by atoms with E-state index in [1.165, 1.54) is 21.7 Å². The highest BCUT2D eigenvalue weighted by Gasteiger charge is 2.05. The van der Waals surface area contributed by atoms with Crippen LogP contribution >= 0.6 is 0 Å². The fourth-order valence-corrected chi connectivity index (χ4v) is 2.07. The van der Waals surface area contributed by atoms with E-state index >= 15 is 0 Å². The minimum atomic E-state index is 0.469. The molecule has 0 saturated heterocycles. The fourth-order valence-electron chi connectivity index (χ4n) is 2.07. The van der Waals surface area contributed by atoms with Crippen molar-refractivity contribution in [2.24, 2.45) is 0 Å². The van der Waals surface area contributed by atoms with E-state index in [0.717, 1.165) is 0 Å². The second-order valence-corrected chi connectivity index (χ2v) is 4.65. The summed E-state index contributed by atoms with van der Waals surface area (Å²) in [5.41, 5.74) is 2.55. The molecule has 17 heavy (non-hydrogen) atoms. The lowest BCUT2D eigenvalue weighted by Crippen LogP contribution is -2.31. The van der Waals surface area contributed by atoms with Crippen LogP contribution in [0.1, 0.15) is 39.3 Å². The van der Waals surface area contributed by atoms with Gasteiger partial charge in [-0.05, 0) is 51.8 Å². The molecule has 1 heteroatoms. The van der Waals surface area contributed by atoms with Gasteiger partial charge in [-0.1, -0.05) is 24.8 Å². The summed E-state index contributed by atoms with van der Waals surface area (Å²) in [5, 5.41) is 2.58. The highest BCUT2D eigenvalue weighted by atomic mass is 15.0. The van der Waals surface area contributed by atoms with E-state index < -0.39 is 0 Å². The molecule has 0 spiro atoms. The van der Waals surface area contributed by atoms with Gasteiger partial charge in [-0.3, -0.25) is 0 Å².